The summed E-state index contributed by atoms with van der Waals surface area (Å²) in [4.78, 5) is 36.4. The third-order valence-corrected chi connectivity index (χ3v) is 1.93. The number of aromatic carboxylic acids is 1. The molecule has 1 rings (SSSR count). The van der Waals surface area contributed by atoms with Gasteiger partial charge in [0, 0.05) is 13.2 Å². The van der Waals surface area contributed by atoms with Gasteiger partial charge in [-0.2, -0.15) is 0 Å². The average molecular weight is 237 g/mol. The molecule has 0 spiro atoms. The molecule has 0 aromatic carbocycles. The lowest BCUT2D eigenvalue weighted by molar-refractivity contribution is -0.119. The van der Waals surface area contributed by atoms with E-state index >= 15 is 0 Å². The van der Waals surface area contributed by atoms with Gasteiger partial charge in [0.2, 0.25) is 5.91 Å². The Kier molecular flexibility index (Phi) is 4.15. The molecule has 0 atom stereocenters. The van der Waals surface area contributed by atoms with Gasteiger partial charge < -0.3 is 15.7 Å². The number of carboxylic acids is 1. The number of carbonyl (C=O) groups excluding carboxylic acids is 2. The number of carboxylic acid groups (broad SMARTS) is 1. The van der Waals surface area contributed by atoms with Crippen LogP contribution >= 0.6 is 0 Å². The van der Waals surface area contributed by atoms with Crippen LogP contribution < -0.4 is 10.6 Å². The monoisotopic (exact) mass is 237 g/mol. The topological polar surface area (TPSA) is 108 Å². The molecule has 90 valence electrons. The zero-order valence-corrected chi connectivity index (χ0v) is 9.06. The van der Waals surface area contributed by atoms with Crippen LogP contribution in [-0.4, -0.2) is 41.5 Å². The van der Waals surface area contributed by atoms with E-state index in [-0.39, 0.29) is 23.7 Å². The van der Waals surface area contributed by atoms with Crippen molar-refractivity contribution in [2.24, 2.45) is 0 Å². The van der Waals surface area contributed by atoms with Gasteiger partial charge in [-0.15, -0.1) is 0 Å². The molecule has 0 aliphatic heterocycles. The van der Waals surface area contributed by atoms with Gasteiger partial charge in [0.25, 0.3) is 5.91 Å². The summed E-state index contributed by atoms with van der Waals surface area (Å²) in [6.07, 6.45) is 1.14. The fraction of sp³-hybridized carbons (Fsp3) is 0.200. The molecule has 7 nitrogen and oxygen atoms in total. The Hall–Kier alpha value is -2.44. The van der Waals surface area contributed by atoms with Crippen LogP contribution in [0.3, 0.4) is 0 Å². The van der Waals surface area contributed by atoms with E-state index in [1.165, 1.54) is 19.2 Å². The standard InChI is InChI=1S/C10H11N3O4/c1-11-8(14)5-13-9(15)6-2-3-7(10(16)17)12-4-6/h2-4H,5H2,1H3,(H,11,14)(H,13,15)(H,16,17). The minimum Gasteiger partial charge on any atom is -0.477 e. The Bertz CT molecular complexity index is 441. The number of rotatable bonds is 4. The lowest BCUT2D eigenvalue weighted by atomic mass is 10.2. The van der Waals surface area contributed by atoms with Crippen LogP contribution in [0, 0.1) is 0 Å². The van der Waals surface area contributed by atoms with Gasteiger partial charge in [0.15, 0.2) is 0 Å². The smallest absolute Gasteiger partial charge is 0.354 e. The van der Waals surface area contributed by atoms with E-state index < -0.39 is 11.9 Å². The molecule has 1 aromatic rings. The van der Waals surface area contributed by atoms with Crippen molar-refractivity contribution in [1.82, 2.24) is 15.6 Å². The van der Waals surface area contributed by atoms with Crippen molar-refractivity contribution in [3.05, 3.63) is 29.6 Å². The van der Waals surface area contributed by atoms with Crippen molar-refractivity contribution in [3.63, 3.8) is 0 Å². The van der Waals surface area contributed by atoms with E-state index in [9.17, 15) is 14.4 Å². The van der Waals surface area contributed by atoms with E-state index in [4.69, 9.17) is 5.11 Å². The number of nitrogens with zero attached hydrogens (tertiary/aromatic N) is 1. The number of hydrogen-bond acceptors (Lipinski definition) is 4. The lowest BCUT2D eigenvalue weighted by Crippen LogP contribution is -2.35. The molecule has 7 heteroatoms. The highest BCUT2D eigenvalue weighted by Gasteiger charge is 2.09. The molecule has 17 heavy (non-hydrogen) atoms. The normalized spacial score (nSPS) is 9.47. The number of carbonyl (C=O) groups is 3. The molecule has 0 unspecified atom stereocenters. The Morgan fingerprint density at radius 2 is 2.06 bits per heavy atom. The predicted octanol–water partition coefficient (Wildman–Crippen LogP) is -0.744. The minimum absolute atomic E-state index is 0.143. The molecule has 1 heterocycles. The fourth-order valence-corrected chi connectivity index (χ4v) is 1.01. The summed E-state index contributed by atoms with van der Waals surface area (Å²) in [5, 5.41) is 13.3. The maximum absolute atomic E-state index is 11.5. The van der Waals surface area contributed by atoms with Crippen molar-refractivity contribution in [3.8, 4) is 0 Å². The summed E-state index contributed by atoms with van der Waals surface area (Å²) in [5.41, 5.74) is 0.0479. The zero-order valence-electron chi connectivity index (χ0n) is 9.06. The van der Waals surface area contributed by atoms with Crippen LogP contribution in [0.15, 0.2) is 18.3 Å². The second-order valence-corrected chi connectivity index (χ2v) is 3.09. The molecule has 0 fully saturated rings. The molecule has 0 radical (unpaired) electrons. The Labute approximate surface area is 96.9 Å². The molecule has 3 N–H and O–H groups in total. The quantitative estimate of drug-likeness (QED) is 0.638. The summed E-state index contributed by atoms with van der Waals surface area (Å²) >= 11 is 0. The fourth-order valence-electron chi connectivity index (χ4n) is 1.01. The van der Waals surface area contributed by atoms with Crippen LogP contribution in [-0.2, 0) is 4.79 Å². The van der Waals surface area contributed by atoms with Crippen molar-refractivity contribution in [2.45, 2.75) is 0 Å². The third kappa shape index (κ3) is 3.56. The van der Waals surface area contributed by atoms with Gasteiger partial charge in [-0.1, -0.05) is 0 Å². The molecule has 1 aromatic heterocycles. The summed E-state index contributed by atoms with van der Waals surface area (Å²) in [7, 11) is 1.46. The summed E-state index contributed by atoms with van der Waals surface area (Å²) in [6.45, 7) is -0.143. The molecule has 2 amide bonds. The second-order valence-electron chi connectivity index (χ2n) is 3.09. The molecular weight excluding hydrogens is 226 g/mol. The van der Waals surface area contributed by atoms with E-state index in [1.54, 1.807) is 0 Å². The highest BCUT2D eigenvalue weighted by molar-refractivity contribution is 5.96. The SMILES string of the molecule is CNC(=O)CNC(=O)c1ccc(C(=O)O)nc1. The summed E-state index contributed by atoms with van der Waals surface area (Å²) in [6, 6.07) is 2.55. The summed E-state index contributed by atoms with van der Waals surface area (Å²) < 4.78 is 0. The van der Waals surface area contributed by atoms with E-state index in [0.29, 0.717) is 0 Å². The molecule has 0 saturated carbocycles. The Morgan fingerprint density at radius 3 is 2.53 bits per heavy atom. The number of hydrogen-bond donors (Lipinski definition) is 3. The van der Waals surface area contributed by atoms with Crippen molar-refractivity contribution in [2.75, 3.05) is 13.6 Å². The number of pyridine rings is 1. The second kappa shape index (κ2) is 5.59. The van der Waals surface area contributed by atoms with Gasteiger partial charge in [-0.05, 0) is 12.1 Å². The van der Waals surface area contributed by atoms with Gasteiger partial charge in [-0.25, -0.2) is 9.78 Å². The minimum atomic E-state index is -1.16. The Balaban J connectivity index is 2.64. The largest absolute Gasteiger partial charge is 0.477 e. The van der Waals surface area contributed by atoms with Gasteiger partial charge in [0.05, 0.1) is 12.1 Å². The highest BCUT2D eigenvalue weighted by atomic mass is 16.4. The van der Waals surface area contributed by atoms with Gasteiger partial charge in [-0.3, -0.25) is 9.59 Å². The number of amides is 2. The molecule has 0 aliphatic rings. The van der Waals surface area contributed by atoms with E-state index in [0.717, 1.165) is 6.20 Å². The van der Waals surface area contributed by atoms with Crippen LogP contribution in [0.4, 0.5) is 0 Å². The Morgan fingerprint density at radius 1 is 1.35 bits per heavy atom. The maximum atomic E-state index is 11.5. The number of aromatic nitrogens is 1. The summed E-state index contributed by atoms with van der Waals surface area (Å²) in [5.74, 6) is -1.98. The number of likely N-dealkylation sites (N-methyl/N-ethyl adjacent to an activating group) is 1. The third-order valence-electron chi connectivity index (χ3n) is 1.93. The average Bonchev–Trinajstić information content (AvgIpc) is 2.35. The van der Waals surface area contributed by atoms with Crippen molar-refractivity contribution in [1.29, 1.82) is 0 Å². The van der Waals surface area contributed by atoms with E-state index in [1.807, 2.05) is 0 Å². The predicted molar refractivity (Wildman–Crippen MR) is 57.6 cm³/mol. The number of nitrogens with one attached hydrogen (secondary N) is 2. The van der Waals surface area contributed by atoms with Crippen LogP contribution in [0.25, 0.3) is 0 Å². The maximum Gasteiger partial charge on any atom is 0.354 e. The first-order valence-electron chi connectivity index (χ1n) is 4.72. The first kappa shape index (κ1) is 12.6. The molecule has 0 saturated heterocycles. The van der Waals surface area contributed by atoms with Crippen LogP contribution in [0.5, 0.6) is 0 Å². The highest BCUT2D eigenvalue weighted by Crippen LogP contribution is 2.00. The lowest BCUT2D eigenvalue weighted by Gasteiger charge is -2.03. The molecule has 0 aliphatic carbocycles. The van der Waals surface area contributed by atoms with Crippen molar-refractivity contribution < 1.29 is 19.5 Å². The first-order chi connectivity index (χ1) is 8.04. The zero-order chi connectivity index (χ0) is 12.8. The van der Waals surface area contributed by atoms with Crippen LogP contribution in [0.2, 0.25) is 0 Å². The van der Waals surface area contributed by atoms with Crippen LogP contribution in [0.1, 0.15) is 20.8 Å². The first-order valence-corrected chi connectivity index (χ1v) is 4.72. The van der Waals surface area contributed by atoms with Gasteiger partial charge in [0.1, 0.15) is 5.69 Å². The molecular formula is C10H11N3O4. The van der Waals surface area contributed by atoms with E-state index in [2.05, 4.69) is 15.6 Å². The van der Waals surface area contributed by atoms with Crippen molar-refractivity contribution >= 4 is 17.8 Å². The molecule has 0 bridgehead atoms. The van der Waals surface area contributed by atoms with Gasteiger partial charge >= 0.3 is 5.97 Å².